The molecule has 0 fully saturated rings. The van der Waals surface area contributed by atoms with Crippen molar-refractivity contribution in [3.8, 4) is 0 Å². The molecule has 0 aliphatic rings. The summed E-state index contributed by atoms with van der Waals surface area (Å²) in [7, 11) is 0. The fraction of sp³-hybridized carbons (Fsp3) is 0.421. The van der Waals surface area contributed by atoms with Gasteiger partial charge in [-0.2, -0.15) is 0 Å². The summed E-state index contributed by atoms with van der Waals surface area (Å²) in [5, 5.41) is 35.8. The van der Waals surface area contributed by atoms with Gasteiger partial charge in [-0.05, 0) is 12.1 Å². The number of fused-ring (bicyclic) bond motifs is 1. The van der Waals surface area contributed by atoms with Crippen molar-refractivity contribution in [3.63, 3.8) is 0 Å². The maximum atomic E-state index is 11.1. The second kappa shape index (κ2) is 13.0. The van der Waals surface area contributed by atoms with Gasteiger partial charge in [0.15, 0.2) is 5.58 Å². The number of carbonyl (C=O) groups is 4. The van der Waals surface area contributed by atoms with Gasteiger partial charge in [-0.15, -0.1) is 0 Å². The summed E-state index contributed by atoms with van der Waals surface area (Å²) in [5.41, 5.74) is 1.11. The Kier molecular flexibility index (Phi) is 10.1. The predicted molar refractivity (Wildman–Crippen MR) is 111 cm³/mol. The fourth-order valence-electron chi connectivity index (χ4n) is 2.94. The number of rotatable bonds is 13. The summed E-state index contributed by atoms with van der Waals surface area (Å²) in [6.07, 6.45) is -11.0. The Balaban J connectivity index is 2.08. The number of carboxylic acid groups (broad SMARTS) is 4. The number of hydrogen-bond acceptors (Lipinski definition) is 11. The van der Waals surface area contributed by atoms with Crippen LogP contribution in [0.25, 0.3) is 11.1 Å². The lowest BCUT2D eigenvalue weighted by Crippen LogP contribution is -2.33. The second-order valence-corrected chi connectivity index (χ2v) is 7.62. The lowest BCUT2D eigenvalue weighted by Gasteiger charge is -2.25. The Morgan fingerprint density at radius 3 is 2.06 bits per heavy atom. The molecule has 4 N–H and O–H groups in total. The van der Waals surface area contributed by atoms with Gasteiger partial charge in [0, 0.05) is 25.0 Å². The molecule has 0 aliphatic heterocycles. The molecule has 0 amide bonds. The summed E-state index contributed by atoms with van der Waals surface area (Å²) in [6, 6.07) is 6.94. The minimum atomic E-state index is -1.69. The van der Waals surface area contributed by atoms with E-state index in [-0.39, 0.29) is 30.2 Å². The maximum absolute atomic E-state index is 11.1. The lowest BCUT2D eigenvalue weighted by molar-refractivity contribution is -0.0218. The van der Waals surface area contributed by atoms with Crippen molar-refractivity contribution in [2.45, 2.75) is 42.8 Å². The third kappa shape index (κ3) is 9.72. The Morgan fingerprint density at radius 1 is 0.853 bits per heavy atom. The Hall–Kier alpha value is -3.88. The van der Waals surface area contributed by atoms with E-state index in [1.807, 2.05) is 0 Å². The first-order valence-electron chi connectivity index (χ1n) is 9.65. The van der Waals surface area contributed by atoms with Crippen molar-refractivity contribution in [3.05, 3.63) is 24.3 Å². The lowest BCUT2D eigenvalue weighted by atomic mass is 10.0. The maximum Gasteiger partial charge on any atom is 0.506 e. The second-order valence-electron chi connectivity index (χ2n) is 6.65. The SMILES string of the molecule is O=C(O)OCCC(CC(CC(CSc1nc2ccccc2o1)OC(=O)O)OC(=O)O)OC(=O)O. The summed E-state index contributed by atoms with van der Waals surface area (Å²) in [6.45, 7) is -0.421. The minimum absolute atomic E-state index is 0.0226. The van der Waals surface area contributed by atoms with Gasteiger partial charge in [0.05, 0.1) is 6.61 Å². The van der Waals surface area contributed by atoms with E-state index in [2.05, 4.69) is 14.5 Å². The molecule has 1 aromatic carbocycles. The zero-order valence-corrected chi connectivity index (χ0v) is 18.2. The number of oxazole rings is 1. The van der Waals surface area contributed by atoms with Crippen molar-refractivity contribution >= 4 is 47.5 Å². The number of para-hydroxylation sites is 2. The van der Waals surface area contributed by atoms with Crippen LogP contribution in [0.15, 0.2) is 33.9 Å². The largest absolute Gasteiger partial charge is 0.506 e. The molecule has 1 aromatic heterocycles. The molecule has 0 saturated heterocycles. The molecule has 0 spiro atoms. The van der Waals surface area contributed by atoms with Crippen LogP contribution in [-0.4, -0.2) is 80.7 Å². The van der Waals surface area contributed by atoms with E-state index in [9.17, 15) is 19.2 Å². The quantitative estimate of drug-likeness (QED) is 0.173. The van der Waals surface area contributed by atoms with E-state index in [4.69, 9.17) is 34.3 Å². The van der Waals surface area contributed by atoms with Gasteiger partial charge in [-0.1, -0.05) is 23.9 Å². The number of thioether (sulfide) groups is 1. The Labute approximate surface area is 195 Å². The van der Waals surface area contributed by atoms with Crippen LogP contribution >= 0.6 is 11.8 Å². The molecule has 0 aliphatic carbocycles. The minimum Gasteiger partial charge on any atom is -0.450 e. The van der Waals surface area contributed by atoms with E-state index in [1.54, 1.807) is 24.3 Å². The third-order valence-corrected chi connectivity index (χ3v) is 5.15. The molecule has 34 heavy (non-hydrogen) atoms. The van der Waals surface area contributed by atoms with Crippen molar-refractivity contribution in [2.75, 3.05) is 12.4 Å². The van der Waals surface area contributed by atoms with E-state index < -0.39 is 49.5 Å². The van der Waals surface area contributed by atoms with Crippen molar-refractivity contribution in [2.24, 2.45) is 0 Å². The number of benzene rings is 1. The average Bonchev–Trinajstić information content (AvgIpc) is 3.13. The molecule has 14 nitrogen and oxygen atoms in total. The van der Waals surface area contributed by atoms with E-state index in [1.165, 1.54) is 0 Å². The first-order valence-corrected chi connectivity index (χ1v) is 10.6. The van der Waals surface area contributed by atoms with Gasteiger partial charge in [-0.25, -0.2) is 24.2 Å². The van der Waals surface area contributed by atoms with Crippen LogP contribution < -0.4 is 0 Å². The average molecular weight is 503 g/mol. The zero-order valence-electron chi connectivity index (χ0n) is 17.4. The summed E-state index contributed by atoms with van der Waals surface area (Å²) in [4.78, 5) is 48.0. The van der Waals surface area contributed by atoms with Gasteiger partial charge < -0.3 is 43.8 Å². The predicted octanol–water partition coefficient (Wildman–Crippen LogP) is 3.97. The van der Waals surface area contributed by atoms with Crippen LogP contribution in [0.2, 0.25) is 0 Å². The summed E-state index contributed by atoms with van der Waals surface area (Å²) < 4.78 is 24.1. The normalized spacial score (nSPS) is 13.4. The number of nitrogens with zero attached hydrogens (tertiary/aromatic N) is 1. The molecule has 3 atom stereocenters. The molecular formula is C19H21NO13S. The monoisotopic (exact) mass is 503 g/mol. The third-order valence-electron chi connectivity index (χ3n) is 4.19. The molecule has 0 bridgehead atoms. The number of ether oxygens (including phenoxy) is 4. The smallest absolute Gasteiger partial charge is 0.450 e. The van der Waals surface area contributed by atoms with Crippen LogP contribution in [-0.2, 0) is 18.9 Å². The highest BCUT2D eigenvalue weighted by molar-refractivity contribution is 7.99. The molecule has 0 radical (unpaired) electrons. The van der Waals surface area contributed by atoms with Gasteiger partial charge in [0.25, 0.3) is 5.22 Å². The van der Waals surface area contributed by atoms with E-state index in [0.717, 1.165) is 11.8 Å². The Morgan fingerprint density at radius 2 is 1.44 bits per heavy atom. The van der Waals surface area contributed by atoms with Gasteiger partial charge >= 0.3 is 24.6 Å². The molecule has 15 heteroatoms. The first-order chi connectivity index (χ1) is 16.1. The highest BCUT2D eigenvalue weighted by Crippen LogP contribution is 2.26. The van der Waals surface area contributed by atoms with Gasteiger partial charge in [0.2, 0.25) is 0 Å². The van der Waals surface area contributed by atoms with Crippen molar-refractivity contribution in [1.29, 1.82) is 0 Å². The Bertz CT molecular complexity index is 960. The fourth-order valence-corrected chi connectivity index (χ4v) is 3.78. The summed E-state index contributed by atoms with van der Waals surface area (Å²) >= 11 is 1.02. The molecule has 2 aromatic rings. The standard InChI is InChI=1S/C19H21NO13S/c21-16(22)29-6-5-10(30-17(23)24)7-11(31-18(25)26)8-12(32-19(27)28)9-34-15-20-13-3-1-2-4-14(13)33-15/h1-4,10-12H,5-9H2,(H,21,22)(H,23,24)(H,25,26)(H,27,28). The molecule has 186 valence electrons. The zero-order chi connectivity index (χ0) is 25.1. The molecule has 3 unspecified atom stereocenters. The van der Waals surface area contributed by atoms with E-state index >= 15 is 0 Å². The van der Waals surface area contributed by atoms with Crippen LogP contribution in [0, 0.1) is 0 Å². The first kappa shape index (κ1) is 26.4. The van der Waals surface area contributed by atoms with Crippen LogP contribution in [0.3, 0.4) is 0 Å². The molecule has 2 rings (SSSR count). The summed E-state index contributed by atoms with van der Waals surface area (Å²) in [5.74, 6) is -0.0226. The van der Waals surface area contributed by atoms with Crippen LogP contribution in [0.1, 0.15) is 19.3 Å². The van der Waals surface area contributed by atoms with Crippen molar-refractivity contribution in [1.82, 2.24) is 4.98 Å². The van der Waals surface area contributed by atoms with Crippen LogP contribution in [0.5, 0.6) is 0 Å². The highest BCUT2D eigenvalue weighted by atomic mass is 32.2. The molecular weight excluding hydrogens is 482 g/mol. The van der Waals surface area contributed by atoms with Gasteiger partial charge in [-0.3, -0.25) is 0 Å². The van der Waals surface area contributed by atoms with E-state index in [0.29, 0.717) is 11.1 Å². The molecule has 0 saturated carbocycles. The van der Waals surface area contributed by atoms with Crippen molar-refractivity contribution < 1.29 is 63.0 Å². The van der Waals surface area contributed by atoms with Gasteiger partial charge in [0.1, 0.15) is 23.8 Å². The molecule has 1 heterocycles. The number of aromatic nitrogens is 1. The van der Waals surface area contributed by atoms with Crippen LogP contribution in [0.4, 0.5) is 19.2 Å². The topological polar surface area (TPSA) is 212 Å². The highest BCUT2D eigenvalue weighted by Gasteiger charge is 2.28. The number of hydrogen-bond donors (Lipinski definition) is 4.